The number of nitrogens with one attached hydrogen (secondary N) is 2. The van der Waals surface area contributed by atoms with Gasteiger partial charge in [0.15, 0.2) is 10.4 Å². The van der Waals surface area contributed by atoms with Gasteiger partial charge in [-0.05, 0) is 46.3 Å². The Labute approximate surface area is 146 Å². The largest absolute Gasteiger partial charge is 0.444 e. The summed E-state index contributed by atoms with van der Waals surface area (Å²) in [7, 11) is 3.75. The first-order valence-electron chi connectivity index (χ1n) is 6.67. The fraction of sp³-hybridized carbons (Fsp3) is 0.200. The maximum absolute atomic E-state index is 11.9. The first-order valence-corrected chi connectivity index (χ1v) is 7.84. The molecule has 0 saturated carbocycles. The molecule has 0 bridgehead atoms. The van der Waals surface area contributed by atoms with Gasteiger partial charge in [-0.15, -0.1) is 0 Å². The molecule has 0 unspecified atom stereocenters. The van der Waals surface area contributed by atoms with E-state index in [9.17, 15) is 9.59 Å². The number of nitrogens with zero attached hydrogens (tertiary/aromatic N) is 1. The molecule has 122 valence electrons. The second kappa shape index (κ2) is 7.52. The number of hydrogen-bond acceptors (Lipinski definition) is 4. The molecule has 0 radical (unpaired) electrons. The molecule has 0 atom stereocenters. The third-order valence-corrected chi connectivity index (χ3v) is 3.65. The molecule has 0 aliphatic heterocycles. The smallest absolute Gasteiger partial charge is 0.287 e. The van der Waals surface area contributed by atoms with Crippen LogP contribution in [0, 0.1) is 0 Å². The van der Waals surface area contributed by atoms with E-state index in [4.69, 9.17) is 16.0 Å². The lowest BCUT2D eigenvalue weighted by Crippen LogP contribution is -2.32. The van der Waals surface area contributed by atoms with E-state index in [0.717, 1.165) is 5.69 Å². The summed E-state index contributed by atoms with van der Waals surface area (Å²) in [4.78, 5) is 25.5. The van der Waals surface area contributed by atoms with Crippen molar-refractivity contribution < 1.29 is 14.0 Å². The summed E-state index contributed by atoms with van der Waals surface area (Å²) >= 11 is 9.24. The molecule has 0 aliphatic rings. The highest BCUT2D eigenvalue weighted by molar-refractivity contribution is 9.10. The van der Waals surface area contributed by atoms with Gasteiger partial charge in [-0.3, -0.25) is 9.59 Å². The van der Waals surface area contributed by atoms with Crippen LogP contribution in [-0.4, -0.2) is 32.5 Å². The number of furan rings is 1. The summed E-state index contributed by atoms with van der Waals surface area (Å²) < 4.78 is 5.54. The quantitative estimate of drug-likeness (QED) is 0.808. The van der Waals surface area contributed by atoms with Crippen molar-refractivity contribution in [2.24, 2.45) is 0 Å². The van der Waals surface area contributed by atoms with Crippen LogP contribution in [0.25, 0.3) is 0 Å². The Kier molecular flexibility index (Phi) is 5.68. The normalized spacial score (nSPS) is 10.3. The van der Waals surface area contributed by atoms with Crippen molar-refractivity contribution >= 4 is 50.7 Å². The number of rotatable bonds is 5. The zero-order valence-corrected chi connectivity index (χ0v) is 14.9. The van der Waals surface area contributed by atoms with Gasteiger partial charge < -0.3 is 20.0 Å². The third-order valence-electron chi connectivity index (χ3n) is 2.92. The molecule has 1 heterocycles. The fourth-order valence-corrected chi connectivity index (χ4v) is 2.49. The van der Waals surface area contributed by atoms with Crippen molar-refractivity contribution in [3.8, 4) is 0 Å². The maximum atomic E-state index is 11.9. The molecular formula is C15H15BrClN3O3. The van der Waals surface area contributed by atoms with Gasteiger partial charge in [-0.2, -0.15) is 0 Å². The van der Waals surface area contributed by atoms with Crippen LogP contribution < -0.4 is 15.5 Å². The highest BCUT2D eigenvalue weighted by Crippen LogP contribution is 2.27. The summed E-state index contributed by atoms with van der Waals surface area (Å²) in [5, 5.41) is 5.66. The lowest BCUT2D eigenvalue weighted by molar-refractivity contribution is -0.115. The average molecular weight is 401 g/mol. The van der Waals surface area contributed by atoms with Crippen LogP contribution in [-0.2, 0) is 4.79 Å². The van der Waals surface area contributed by atoms with Crippen molar-refractivity contribution in [2.45, 2.75) is 0 Å². The molecule has 0 fully saturated rings. The molecule has 8 heteroatoms. The number of amides is 2. The molecule has 6 nitrogen and oxygen atoms in total. The van der Waals surface area contributed by atoms with E-state index in [2.05, 4.69) is 26.6 Å². The Morgan fingerprint density at radius 3 is 2.57 bits per heavy atom. The molecule has 1 aromatic heterocycles. The van der Waals surface area contributed by atoms with Crippen LogP contribution in [0.3, 0.4) is 0 Å². The molecular weight excluding hydrogens is 386 g/mol. The van der Waals surface area contributed by atoms with E-state index in [-0.39, 0.29) is 18.2 Å². The van der Waals surface area contributed by atoms with Crippen molar-refractivity contribution in [3.63, 3.8) is 0 Å². The van der Waals surface area contributed by atoms with Crippen LogP contribution in [0.5, 0.6) is 0 Å². The van der Waals surface area contributed by atoms with Crippen molar-refractivity contribution in [2.75, 3.05) is 30.9 Å². The second-order valence-corrected chi connectivity index (χ2v) is 6.08. The summed E-state index contributed by atoms with van der Waals surface area (Å²) in [6.45, 7) is -0.176. The SMILES string of the molecule is CN(C)c1ccc(NC(=O)CNC(=O)c2ccc(Br)o2)cc1Cl. The summed E-state index contributed by atoms with van der Waals surface area (Å²) in [6, 6.07) is 8.31. The average Bonchev–Trinajstić information content (AvgIpc) is 2.91. The first-order chi connectivity index (χ1) is 10.9. The Morgan fingerprint density at radius 2 is 2.00 bits per heavy atom. The summed E-state index contributed by atoms with van der Waals surface area (Å²) in [6.07, 6.45) is 0. The predicted molar refractivity (Wildman–Crippen MR) is 93.1 cm³/mol. The molecule has 23 heavy (non-hydrogen) atoms. The van der Waals surface area contributed by atoms with E-state index in [0.29, 0.717) is 15.4 Å². The minimum atomic E-state index is -0.466. The molecule has 0 spiro atoms. The monoisotopic (exact) mass is 399 g/mol. The van der Waals surface area contributed by atoms with Crippen LogP contribution in [0.4, 0.5) is 11.4 Å². The van der Waals surface area contributed by atoms with Gasteiger partial charge in [0.05, 0.1) is 17.3 Å². The summed E-state index contributed by atoms with van der Waals surface area (Å²) in [5.41, 5.74) is 1.40. The number of benzene rings is 1. The number of carbonyl (C=O) groups excluding carboxylic acids is 2. The van der Waals surface area contributed by atoms with E-state index in [1.807, 2.05) is 19.0 Å². The van der Waals surface area contributed by atoms with Crippen LogP contribution in [0.1, 0.15) is 10.6 Å². The number of anilines is 2. The van der Waals surface area contributed by atoms with E-state index in [1.54, 1.807) is 24.3 Å². The maximum Gasteiger partial charge on any atom is 0.287 e. The summed E-state index contributed by atoms with van der Waals surface area (Å²) in [5.74, 6) is -0.701. The van der Waals surface area contributed by atoms with Gasteiger partial charge >= 0.3 is 0 Å². The molecule has 2 rings (SSSR count). The number of halogens is 2. The molecule has 0 saturated heterocycles. The Balaban J connectivity index is 1.90. The van der Waals surface area contributed by atoms with Crippen LogP contribution in [0.15, 0.2) is 39.4 Å². The highest BCUT2D eigenvalue weighted by Gasteiger charge is 2.12. The van der Waals surface area contributed by atoms with E-state index >= 15 is 0 Å². The Bertz CT molecular complexity index is 731. The highest BCUT2D eigenvalue weighted by atomic mass is 79.9. The lowest BCUT2D eigenvalue weighted by Gasteiger charge is -2.15. The van der Waals surface area contributed by atoms with Crippen LogP contribution in [0.2, 0.25) is 5.02 Å². The van der Waals surface area contributed by atoms with Gasteiger partial charge in [-0.1, -0.05) is 11.6 Å². The molecule has 2 amide bonds. The minimum absolute atomic E-state index is 0.128. The van der Waals surface area contributed by atoms with Crippen molar-refractivity contribution in [1.29, 1.82) is 0 Å². The number of carbonyl (C=O) groups is 2. The van der Waals surface area contributed by atoms with Gasteiger partial charge in [0.25, 0.3) is 5.91 Å². The zero-order valence-electron chi connectivity index (χ0n) is 12.5. The van der Waals surface area contributed by atoms with E-state index in [1.165, 1.54) is 6.07 Å². The number of hydrogen-bond donors (Lipinski definition) is 2. The molecule has 2 N–H and O–H groups in total. The topological polar surface area (TPSA) is 74.6 Å². The second-order valence-electron chi connectivity index (χ2n) is 4.90. The predicted octanol–water partition coefficient (Wildman–Crippen LogP) is 3.13. The zero-order chi connectivity index (χ0) is 17.0. The van der Waals surface area contributed by atoms with Gasteiger partial charge in [0, 0.05) is 19.8 Å². The Hall–Kier alpha value is -1.99. The lowest BCUT2D eigenvalue weighted by atomic mass is 10.2. The third kappa shape index (κ3) is 4.74. The minimum Gasteiger partial charge on any atom is -0.444 e. The molecule has 1 aromatic carbocycles. The van der Waals surface area contributed by atoms with E-state index < -0.39 is 5.91 Å². The van der Waals surface area contributed by atoms with Gasteiger partial charge in [0.2, 0.25) is 5.91 Å². The van der Waals surface area contributed by atoms with Gasteiger partial charge in [0.1, 0.15) is 0 Å². The van der Waals surface area contributed by atoms with Gasteiger partial charge in [-0.25, -0.2) is 0 Å². The van der Waals surface area contributed by atoms with Crippen molar-refractivity contribution in [3.05, 3.63) is 45.8 Å². The fourth-order valence-electron chi connectivity index (χ4n) is 1.84. The van der Waals surface area contributed by atoms with Crippen LogP contribution >= 0.6 is 27.5 Å². The Morgan fingerprint density at radius 1 is 1.26 bits per heavy atom. The van der Waals surface area contributed by atoms with Crippen molar-refractivity contribution in [1.82, 2.24) is 5.32 Å². The molecule has 2 aromatic rings. The standard InChI is InChI=1S/C15H15BrClN3O3/c1-20(2)11-4-3-9(7-10(11)17)19-14(21)8-18-15(22)12-5-6-13(16)23-12/h3-7H,8H2,1-2H3,(H,18,22)(H,19,21). The first kappa shape index (κ1) is 17.4. The molecule has 0 aliphatic carbocycles.